The minimum absolute atomic E-state index is 0.220. The van der Waals surface area contributed by atoms with Crippen molar-refractivity contribution in [1.29, 1.82) is 0 Å². The van der Waals surface area contributed by atoms with Crippen LogP contribution in [0, 0.1) is 0 Å². The van der Waals surface area contributed by atoms with Gasteiger partial charge in [-0.1, -0.05) is 41.9 Å². The first kappa shape index (κ1) is 12.2. The van der Waals surface area contributed by atoms with Crippen LogP contribution in [-0.2, 0) is 10.3 Å². The lowest BCUT2D eigenvalue weighted by atomic mass is 9.85. The second kappa shape index (κ2) is 5.31. The number of hydrogen-bond donors (Lipinski definition) is 1. The monoisotopic (exact) mass is 269 g/mol. The Labute approximate surface area is 99.2 Å². The molecule has 3 heteroatoms. The van der Waals surface area contributed by atoms with Gasteiger partial charge in [0.25, 0.3) is 0 Å². The molecule has 1 aromatic carbocycles. The van der Waals surface area contributed by atoms with Crippen LogP contribution in [0.4, 0.5) is 0 Å². The lowest BCUT2D eigenvalue weighted by molar-refractivity contribution is -0.111. The van der Waals surface area contributed by atoms with E-state index in [4.69, 9.17) is 0 Å². The van der Waals surface area contributed by atoms with E-state index in [1.807, 2.05) is 24.3 Å². The van der Waals surface area contributed by atoms with Gasteiger partial charge in [-0.25, -0.2) is 0 Å². The van der Waals surface area contributed by atoms with Crippen LogP contribution < -0.4 is 5.32 Å². The van der Waals surface area contributed by atoms with Crippen molar-refractivity contribution in [2.45, 2.75) is 32.2 Å². The van der Waals surface area contributed by atoms with Gasteiger partial charge in [-0.15, -0.1) is 0 Å². The molecule has 0 aliphatic rings. The van der Waals surface area contributed by atoms with Crippen molar-refractivity contribution in [3.05, 3.63) is 34.3 Å². The summed E-state index contributed by atoms with van der Waals surface area (Å²) in [6, 6.07) is 8.10. The van der Waals surface area contributed by atoms with Gasteiger partial charge in [-0.05, 0) is 30.5 Å². The van der Waals surface area contributed by atoms with Gasteiger partial charge in [0.15, 0.2) is 0 Å². The predicted octanol–water partition coefficient (Wildman–Crippen LogP) is 3.21. The Hall–Kier alpha value is -0.830. The zero-order chi connectivity index (χ0) is 11.3. The number of benzene rings is 1. The molecule has 1 amide bonds. The summed E-state index contributed by atoms with van der Waals surface area (Å²) < 4.78 is 1.05. The van der Waals surface area contributed by atoms with Crippen molar-refractivity contribution < 1.29 is 4.79 Å². The number of halogens is 1. The second-order valence-corrected chi connectivity index (χ2v) is 4.47. The van der Waals surface area contributed by atoms with E-state index >= 15 is 0 Å². The standard InChI is InChI=1S/C12H16BrNO/c1-3-12(4-2,14-9-15)10-5-7-11(13)8-6-10/h5-9H,3-4H2,1-2H3,(H,14,15). The van der Waals surface area contributed by atoms with Crippen molar-refractivity contribution >= 4 is 22.3 Å². The molecule has 0 saturated carbocycles. The average molecular weight is 270 g/mol. The zero-order valence-electron chi connectivity index (χ0n) is 9.09. The maximum Gasteiger partial charge on any atom is 0.207 e. The van der Waals surface area contributed by atoms with Crippen LogP contribution in [0.25, 0.3) is 0 Å². The Balaban J connectivity index is 3.07. The third-order valence-electron chi connectivity index (χ3n) is 2.94. The number of hydrogen-bond acceptors (Lipinski definition) is 1. The lowest BCUT2D eigenvalue weighted by Gasteiger charge is -2.31. The summed E-state index contributed by atoms with van der Waals surface area (Å²) >= 11 is 3.41. The SMILES string of the molecule is CCC(CC)(NC=O)c1ccc(Br)cc1. The minimum Gasteiger partial charge on any atom is -0.349 e. The van der Waals surface area contributed by atoms with Crippen LogP contribution in [0.1, 0.15) is 32.3 Å². The summed E-state index contributed by atoms with van der Waals surface area (Å²) in [5, 5.41) is 2.94. The first-order chi connectivity index (χ1) is 7.18. The highest BCUT2D eigenvalue weighted by atomic mass is 79.9. The van der Waals surface area contributed by atoms with Crippen molar-refractivity contribution in [2.75, 3.05) is 0 Å². The molecule has 0 atom stereocenters. The summed E-state index contributed by atoms with van der Waals surface area (Å²) in [6.45, 7) is 4.17. The van der Waals surface area contributed by atoms with Crippen LogP contribution in [0.3, 0.4) is 0 Å². The van der Waals surface area contributed by atoms with Crippen molar-refractivity contribution in [1.82, 2.24) is 5.32 Å². The van der Waals surface area contributed by atoms with Gasteiger partial charge in [0.05, 0.1) is 5.54 Å². The number of carbonyl (C=O) groups excluding carboxylic acids is 1. The van der Waals surface area contributed by atoms with E-state index in [9.17, 15) is 4.79 Å². The summed E-state index contributed by atoms with van der Waals surface area (Å²) in [5.74, 6) is 0. The van der Waals surface area contributed by atoms with Gasteiger partial charge in [0, 0.05) is 4.47 Å². The molecular weight excluding hydrogens is 254 g/mol. The lowest BCUT2D eigenvalue weighted by Crippen LogP contribution is -2.40. The van der Waals surface area contributed by atoms with E-state index in [1.54, 1.807) is 0 Å². The largest absolute Gasteiger partial charge is 0.349 e. The van der Waals surface area contributed by atoms with Gasteiger partial charge in [-0.3, -0.25) is 4.79 Å². The van der Waals surface area contributed by atoms with Crippen molar-refractivity contribution in [3.63, 3.8) is 0 Å². The quantitative estimate of drug-likeness (QED) is 0.818. The van der Waals surface area contributed by atoms with Gasteiger partial charge in [0.1, 0.15) is 0 Å². The van der Waals surface area contributed by atoms with Crippen LogP contribution in [0.2, 0.25) is 0 Å². The second-order valence-electron chi connectivity index (χ2n) is 3.56. The number of rotatable bonds is 5. The number of amides is 1. The Morgan fingerprint density at radius 2 is 1.80 bits per heavy atom. The van der Waals surface area contributed by atoms with E-state index in [0.717, 1.165) is 29.3 Å². The van der Waals surface area contributed by atoms with Crippen molar-refractivity contribution in [2.24, 2.45) is 0 Å². The van der Waals surface area contributed by atoms with E-state index in [2.05, 4.69) is 35.1 Å². The molecule has 0 unspecified atom stereocenters. The molecule has 1 rings (SSSR count). The molecule has 0 aliphatic heterocycles. The molecule has 0 spiro atoms. The fourth-order valence-electron chi connectivity index (χ4n) is 1.83. The molecule has 82 valence electrons. The average Bonchev–Trinajstić information content (AvgIpc) is 2.27. The molecule has 0 heterocycles. The summed E-state index contributed by atoms with van der Waals surface area (Å²) in [6.07, 6.45) is 2.57. The predicted molar refractivity (Wildman–Crippen MR) is 65.6 cm³/mol. The normalized spacial score (nSPS) is 11.1. The molecule has 0 aliphatic carbocycles. The highest BCUT2D eigenvalue weighted by molar-refractivity contribution is 9.10. The smallest absolute Gasteiger partial charge is 0.207 e. The topological polar surface area (TPSA) is 29.1 Å². The first-order valence-corrected chi connectivity index (χ1v) is 5.95. The molecule has 0 aromatic heterocycles. The first-order valence-electron chi connectivity index (χ1n) is 5.16. The fraction of sp³-hybridized carbons (Fsp3) is 0.417. The molecule has 2 nitrogen and oxygen atoms in total. The van der Waals surface area contributed by atoms with E-state index in [-0.39, 0.29) is 5.54 Å². The highest BCUT2D eigenvalue weighted by Crippen LogP contribution is 2.29. The molecule has 1 N–H and O–H groups in total. The summed E-state index contributed by atoms with van der Waals surface area (Å²) in [7, 11) is 0. The molecular formula is C12H16BrNO. The van der Waals surface area contributed by atoms with Gasteiger partial charge in [0.2, 0.25) is 6.41 Å². The Bertz CT molecular complexity index is 317. The molecule has 15 heavy (non-hydrogen) atoms. The van der Waals surface area contributed by atoms with E-state index < -0.39 is 0 Å². The minimum atomic E-state index is -0.220. The van der Waals surface area contributed by atoms with E-state index in [0.29, 0.717) is 0 Å². The Morgan fingerprint density at radius 1 is 1.27 bits per heavy atom. The fourth-order valence-corrected chi connectivity index (χ4v) is 2.09. The maximum absolute atomic E-state index is 10.7. The van der Waals surface area contributed by atoms with Crippen molar-refractivity contribution in [3.8, 4) is 0 Å². The molecule has 1 aromatic rings. The third-order valence-corrected chi connectivity index (χ3v) is 3.47. The van der Waals surface area contributed by atoms with E-state index in [1.165, 1.54) is 0 Å². The Morgan fingerprint density at radius 3 is 2.20 bits per heavy atom. The number of carbonyl (C=O) groups is 1. The summed E-state index contributed by atoms with van der Waals surface area (Å²) in [4.78, 5) is 10.7. The Kier molecular flexibility index (Phi) is 4.33. The van der Waals surface area contributed by atoms with Gasteiger partial charge < -0.3 is 5.32 Å². The maximum atomic E-state index is 10.7. The van der Waals surface area contributed by atoms with Crippen LogP contribution in [0.15, 0.2) is 28.7 Å². The number of nitrogens with one attached hydrogen (secondary N) is 1. The zero-order valence-corrected chi connectivity index (χ0v) is 10.7. The molecule has 0 bridgehead atoms. The highest BCUT2D eigenvalue weighted by Gasteiger charge is 2.27. The molecule has 0 fully saturated rings. The van der Waals surface area contributed by atoms with Crippen LogP contribution in [-0.4, -0.2) is 6.41 Å². The third kappa shape index (κ3) is 2.59. The van der Waals surface area contributed by atoms with Crippen LogP contribution >= 0.6 is 15.9 Å². The summed E-state index contributed by atoms with van der Waals surface area (Å²) in [5.41, 5.74) is 0.936. The van der Waals surface area contributed by atoms with Crippen LogP contribution in [0.5, 0.6) is 0 Å². The van der Waals surface area contributed by atoms with Gasteiger partial charge in [-0.2, -0.15) is 0 Å². The van der Waals surface area contributed by atoms with Gasteiger partial charge >= 0.3 is 0 Å². The molecule has 0 radical (unpaired) electrons. The molecule has 0 saturated heterocycles.